The quantitative estimate of drug-likeness (QED) is 0.647. The fourth-order valence-electron chi connectivity index (χ4n) is 3.07. The number of allylic oxidation sites excluding steroid dienone is 1. The molecule has 0 saturated carbocycles. The number of benzene rings is 2. The molecule has 0 unspecified atom stereocenters. The van der Waals surface area contributed by atoms with Gasteiger partial charge in [-0.3, -0.25) is 0 Å². The molecule has 0 amide bonds. The zero-order chi connectivity index (χ0) is 14.3. The Balaban J connectivity index is 2.08. The van der Waals surface area contributed by atoms with E-state index in [0.717, 1.165) is 6.42 Å². The number of hydrogen-bond donors (Lipinski definition) is 0. The van der Waals surface area contributed by atoms with Crippen LogP contribution >= 0.6 is 0 Å². The molecule has 0 N–H and O–H groups in total. The zero-order valence-electron chi connectivity index (χ0n) is 12.8. The Labute approximate surface area is 122 Å². The van der Waals surface area contributed by atoms with E-state index >= 15 is 0 Å². The Bertz CT molecular complexity index is 670. The van der Waals surface area contributed by atoms with Gasteiger partial charge in [0.15, 0.2) is 0 Å². The van der Waals surface area contributed by atoms with E-state index in [2.05, 4.69) is 70.2 Å². The zero-order valence-corrected chi connectivity index (χ0v) is 12.8. The Morgan fingerprint density at radius 3 is 2.30 bits per heavy atom. The fraction of sp³-hybridized carbons (Fsp3) is 0.300. The molecule has 0 bridgehead atoms. The highest BCUT2D eigenvalue weighted by Crippen LogP contribution is 2.35. The summed E-state index contributed by atoms with van der Waals surface area (Å²) in [6.07, 6.45) is 3.42. The monoisotopic (exact) mass is 262 g/mol. The van der Waals surface area contributed by atoms with E-state index in [1.807, 2.05) is 0 Å². The van der Waals surface area contributed by atoms with Gasteiger partial charge in [-0.05, 0) is 59.6 Å². The fourth-order valence-corrected chi connectivity index (χ4v) is 3.07. The molecule has 0 saturated heterocycles. The summed E-state index contributed by atoms with van der Waals surface area (Å²) in [7, 11) is 0. The van der Waals surface area contributed by atoms with E-state index in [-0.39, 0.29) is 0 Å². The molecule has 102 valence electrons. The molecule has 0 fully saturated rings. The molecule has 0 aromatic heterocycles. The first kappa shape index (κ1) is 13.2. The minimum atomic E-state index is 0.594. The smallest absolute Gasteiger partial charge is 0.00544 e. The number of hydrogen-bond acceptors (Lipinski definition) is 0. The van der Waals surface area contributed by atoms with Crippen molar-refractivity contribution in [1.82, 2.24) is 0 Å². The lowest BCUT2D eigenvalue weighted by Gasteiger charge is -2.12. The molecule has 0 radical (unpaired) electrons. The third-order valence-corrected chi connectivity index (χ3v) is 4.17. The molecule has 2 aromatic carbocycles. The highest BCUT2D eigenvalue weighted by atomic mass is 14.2. The molecule has 0 aliphatic heterocycles. The number of aryl methyl sites for hydroxylation is 1. The van der Waals surface area contributed by atoms with Crippen LogP contribution in [0.1, 0.15) is 48.9 Å². The van der Waals surface area contributed by atoms with Crippen LogP contribution in [0.15, 0.2) is 42.0 Å². The molecule has 3 rings (SSSR count). The van der Waals surface area contributed by atoms with Crippen LogP contribution < -0.4 is 0 Å². The summed E-state index contributed by atoms with van der Waals surface area (Å²) < 4.78 is 0. The normalized spacial score (nSPS) is 13.6. The van der Waals surface area contributed by atoms with Crippen LogP contribution in [-0.4, -0.2) is 0 Å². The molecule has 1 aliphatic rings. The summed E-state index contributed by atoms with van der Waals surface area (Å²) in [6, 6.07) is 13.7. The first-order chi connectivity index (χ1) is 9.54. The summed E-state index contributed by atoms with van der Waals surface area (Å²) in [5.74, 6) is 0.594. The Hall–Kier alpha value is -1.82. The molecular weight excluding hydrogens is 240 g/mol. The van der Waals surface area contributed by atoms with Crippen molar-refractivity contribution in [1.29, 1.82) is 0 Å². The predicted molar refractivity (Wildman–Crippen MR) is 88.1 cm³/mol. The molecular formula is C20H22. The second kappa shape index (κ2) is 4.94. The Kier molecular flexibility index (Phi) is 3.25. The lowest BCUT2D eigenvalue weighted by atomic mass is 9.92. The summed E-state index contributed by atoms with van der Waals surface area (Å²) in [5.41, 5.74) is 9.87. The van der Waals surface area contributed by atoms with Crippen molar-refractivity contribution in [3.8, 4) is 11.1 Å². The SMILES string of the molecule is CC1=Cc2cc(C)cc(-c3ccc(C(C)C)cc3)c2C1. The molecule has 0 nitrogen and oxygen atoms in total. The number of rotatable bonds is 2. The topological polar surface area (TPSA) is 0 Å². The van der Waals surface area contributed by atoms with Crippen molar-refractivity contribution in [2.75, 3.05) is 0 Å². The van der Waals surface area contributed by atoms with Crippen molar-refractivity contribution in [2.24, 2.45) is 0 Å². The van der Waals surface area contributed by atoms with Crippen molar-refractivity contribution in [2.45, 2.75) is 40.0 Å². The molecule has 20 heavy (non-hydrogen) atoms. The van der Waals surface area contributed by atoms with Gasteiger partial charge in [-0.2, -0.15) is 0 Å². The van der Waals surface area contributed by atoms with Gasteiger partial charge >= 0.3 is 0 Å². The van der Waals surface area contributed by atoms with Crippen LogP contribution in [0.25, 0.3) is 17.2 Å². The minimum absolute atomic E-state index is 0.594. The van der Waals surface area contributed by atoms with Gasteiger partial charge in [0, 0.05) is 0 Å². The summed E-state index contributed by atoms with van der Waals surface area (Å²) >= 11 is 0. The standard InChI is InChI=1S/C20H22/c1-13(2)16-5-7-17(8-6-16)19-11-14(3)9-18-10-15(4)12-20(18)19/h5-11,13H,12H2,1-4H3. The van der Waals surface area contributed by atoms with Gasteiger partial charge in [0.1, 0.15) is 0 Å². The highest BCUT2D eigenvalue weighted by Gasteiger charge is 2.15. The summed E-state index contributed by atoms with van der Waals surface area (Å²) in [4.78, 5) is 0. The van der Waals surface area contributed by atoms with Crippen LogP contribution in [0.5, 0.6) is 0 Å². The van der Waals surface area contributed by atoms with Crippen molar-refractivity contribution < 1.29 is 0 Å². The first-order valence-corrected chi connectivity index (χ1v) is 7.45. The molecule has 1 aliphatic carbocycles. The molecule has 2 aromatic rings. The lowest BCUT2D eigenvalue weighted by Crippen LogP contribution is -1.92. The maximum Gasteiger partial charge on any atom is -0.00544 e. The average Bonchev–Trinajstić information content (AvgIpc) is 2.78. The average molecular weight is 262 g/mol. The Morgan fingerprint density at radius 1 is 0.950 bits per heavy atom. The largest absolute Gasteiger partial charge is 0.0683 e. The van der Waals surface area contributed by atoms with Gasteiger partial charge < -0.3 is 0 Å². The van der Waals surface area contributed by atoms with E-state index in [4.69, 9.17) is 0 Å². The van der Waals surface area contributed by atoms with Gasteiger partial charge in [-0.1, -0.05) is 61.9 Å². The lowest BCUT2D eigenvalue weighted by molar-refractivity contribution is 0.867. The summed E-state index contributed by atoms with van der Waals surface area (Å²) in [5, 5.41) is 0. The van der Waals surface area contributed by atoms with Crippen molar-refractivity contribution >= 4 is 6.08 Å². The van der Waals surface area contributed by atoms with Crippen LogP contribution in [0.2, 0.25) is 0 Å². The Morgan fingerprint density at radius 2 is 1.65 bits per heavy atom. The van der Waals surface area contributed by atoms with E-state index in [1.54, 1.807) is 0 Å². The maximum atomic E-state index is 2.33. The highest BCUT2D eigenvalue weighted by molar-refractivity contribution is 5.78. The van der Waals surface area contributed by atoms with Gasteiger partial charge in [-0.15, -0.1) is 0 Å². The molecule has 0 heteroatoms. The second-order valence-corrected chi connectivity index (χ2v) is 6.32. The van der Waals surface area contributed by atoms with Crippen molar-refractivity contribution in [3.05, 3.63) is 64.2 Å². The van der Waals surface area contributed by atoms with E-state index < -0.39 is 0 Å². The third-order valence-electron chi connectivity index (χ3n) is 4.17. The van der Waals surface area contributed by atoms with E-state index in [9.17, 15) is 0 Å². The summed E-state index contributed by atoms with van der Waals surface area (Å²) in [6.45, 7) is 8.90. The van der Waals surface area contributed by atoms with E-state index in [0.29, 0.717) is 5.92 Å². The molecule has 0 spiro atoms. The third kappa shape index (κ3) is 2.31. The van der Waals surface area contributed by atoms with Crippen LogP contribution in [0.4, 0.5) is 0 Å². The second-order valence-electron chi connectivity index (χ2n) is 6.32. The van der Waals surface area contributed by atoms with Gasteiger partial charge in [0.2, 0.25) is 0 Å². The van der Waals surface area contributed by atoms with Crippen molar-refractivity contribution in [3.63, 3.8) is 0 Å². The minimum Gasteiger partial charge on any atom is -0.0683 e. The first-order valence-electron chi connectivity index (χ1n) is 7.45. The maximum absolute atomic E-state index is 2.33. The van der Waals surface area contributed by atoms with Crippen LogP contribution in [0, 0.1) is 6.92 Å². The van der Waals surface area contributed by atoms with E-state index in [1.165, 1.54) is 39.0 Å². The van der Waals surface area contributed by atoms with Gasteiger partial charge in [-0.25, -0.2) is 0 Å². The van der Waals surface area contributed by atoms with Gasteiger partial charge in [0.05, 0.1) is 0 Å². The van der Waals surface area contributed by atoms with Crippen LogP contribution in [-0.2, 0) is 6.42 Å². The number of fused-ring (bicyclic) bond motifs is 1. The van der Waals surface area contributed by atoms with Gasteiger partial charge in [0.25, 0.3) is 0 Å². The molecule has 0 heterocycles. The predicted octanol–water partition coefficient (Wildman–Crippen LogP) is 5.74. The molecule has 0 atom stereocenters. The van der Waals surface area contributed by atoms with Crippen LogP contribution in [0.3, 0.4) is 0 Å².